The van der Waals surface area contributed by atoms with E-state index >= 15 is 0 Å². The van der Waals surface area contributed by atoms with Gasteiger partial charge in [0.05, 0.1) is 12.3 Å². The molecule has 1 saturated heterocycles. The fourth-order valence-electron chi connectivity index (χ4n) is 3.63. The van der Waals surface area contributed by atoms with Crippen LogP contribution in [0.3, 0.4) is 0 Å². The number of amides is 2. The highest BCUT2D eigenvalue weighted by molar-refractivity contribution is 6.28. The molecular formula is C27H21NO4. The molecule has 5 rings (SSSR count). The van der Waals surface area contributed by atoms with Crippen LogP contribution in [0.2, 0.25) is 0 Å². The number of hydrogen-bond acceptors (Lipinski definition) is 4. The molecule has 32 heavy (non-hydrogen) atoms. The number of anilines is 1. The van der Waals surface area contributed by atoms with Gasteiger partial charge < -0.3 is 9.47 Å². The van der Waals surface area contributed by atoms with Gasteiger partial charge in [-0.2, -0.15) is 0 Å². The first kappa shape index (κ1) is 20.0. The molecule has 1 fully saturated rings. The molecule has 4 aromatic rings. The number of imide groups is 1. The van der Waals surface area contributed by atoms with Crippen molar-refractivity contribution in [3.8, 4) is 5.75 Å². The van der Waals surface area contributed by atoms with E-state index in [9.17, 15) is 9.59 Å². The summed E-state index contributed by atoms with van der Waals surface area (Å²) in [6, 6.07) is 29.1. The van der Waals surface area contributed by atoms with Crippen LogP contribution in [0.15, 0.2) is 97.1 Å². The van der Waals surface area contributed by atoms with Gasteiger partial charge in [0.15, 0.2) is 0 Å². The summed E-state index contributed by atoms with van der Waals surface area (Å²) < 4.78 is 10.9. The number of carbonyl (C=O) groups is 2. The van der Waals surface area contributed by atoms with Crippen molar-refractivity contribution in [1.82, 2.24) is 0 Å². The zero-order chi connectivity index (χ0) is 21.9. The first-order valence-corrected chi connectivity index (χ1v) is 10.5. The zero-order valence-corrected chi connectivity index (χ0v) is 17.3. The van der Waals surface area contributed by atoms with Gasteiger partial charge in [0.25, 0.3) is 11.8 Å². The van der Waals surface area contributed by atoms with Crippen molar-refractivity contribution in [2.75, 3.05) is 18.1 Å². The molecule has 1 atom stereocenters. The molecule has 1 aliphatic rings. The number of benzene rings is 4. The van der Waals surface area contributed by atoms with Gasteiger partial charge in [-0.25, -0.2) is 4.90 Å². The largest absolute Gasteiger partial charge is 0.491 e. The molecule has 0 radical (unpaired) electrons. The van der Waals surface area contributed by atoms with Crippen LogP contribution < -0.4 is 9.64 Å². The number of fused-ring (bicyclic) bond motifs is 1. The summed E-state index contributed by atoms with van der Waals surface area (Å²) in [6.45, 7) is 1.13. The first-order chi connectivity index (χ1) is 15.7. The molecule has 0 aliphatic carbocycles. The molecule has 1 aliphatic heterocycles. The van der Waals surface area contributed by atoms with E-state index in [1.807, 2.05) is 42.5 Å². The summed E-state index contributed by atoms with van der Waals surface area (Å²) in [5.74, 6) is -0.232. The van der Waals surface area contributed by atoms with Crippen molar-refractivity contribution >= 4 is 28.3 Å². The molecule has 2 amide bonds. The predicted molar refractivity (Wildman–Crippen MR) is 123 cm³/mol. The second kappa shape index (κ2) is 8.65. The van der Waals surface area contributed by atoms with Crippen molar-refractivity contribution in [2.45, 2.75) is 6.10 Å². The fraction of sp³-hybridized carbons (Fsp3) is 0.111. The lowest BCUT2D eigenvalue weighted by Crippen LogP contribution is -2.37. The summed E-state index contributed by atoms with van der Waals surface area (Å²) >= 11 is 0. The fourth-order valence-corrected chi connectivity index (χ4v) is 3.63. The van der Waals surface area contributed by atoms with E-state index in [0.29, 0.717) is 35.8 Å². The van der Waals surface area contributed by atoms with Crippen molar-refractivity contribution < 1.29 is 19.1 Å². The van der Waals surface area contributed by atoms with Gasteiger partial charge in [0.1, 0.15) is 18.5 Å². The standard InChI is InChI=1S/C27H21NO4/c29-26(20-9-2-1-3-10-20)28(25-15-7-11-19-8-4-5-14-24(19)25)27(30)21-12-6-13-22(16-21)31-17-23-18-32-23/h1-16,23H,17-18H2. The predicted octanol–water partition coefficient (Wildman–Crippen LogP) is 5.10. The van der Waals surface area contributed by atoms with Gasteiger partial charge in [-0.1, -0.05) is 60.7 Å². The lowest BCUT2D eigenvalue weighted by atomic mass is 10.1. The Bertz CT molecular complexity index is 1280. The van der Waals surface area contributed by atoms with Crippen molar-refractivity contribution in [3.63, 3.8) is 0 Å². The molecular weight excluding hydrogens is 402 g/mol. The summed E-state index contributed by atoms with van der Waals surface area (Å²) in [5.41, 5.74) is 1.35. The molecule has 4 aromatic carbocycles. The Labute approximate surface area is 185 Å². The number of carbonyl (C=O) groups excluding carboxylic acids is 2. The van der Waals surface area contributed by atoms with Crippen molar-refractivity contribution in [2.24, 2.45) is 0 Å². The number of ether oxygens (including phenoxy) is 2. The summed E-state index contributed by atoms with van der Waals surface area (Å²) in [7, 11) is 0. The van der Waals surface area contributed by atoms with E-state index < -0.39 is 5.91 Å². The van der Waals surface area contributed by atoms with E-state index in [1.54, 1.807) is 54.6 Å². The SMILES string of the molecule is O=C(c1ccccc1)N(C(=O)c1cccc(OCC2CO2)c1)c1cccc2ccccc12. The van der Waals surface area contributed by atoms with Gasteiger partial charge in [0.2, 0.25) is 0 Å². The van der Waals surface area contributed by atoms with Gasteiger partial charge in [-0.05, 0) is 41.8 Å². The van der Waals surface area contributed by atoms with Gasteiger partial charge in [0, 0.05) is 16.5 Å². The monoisotopic (exact) mass is 423 g/mol. The van der Waals surface area contributed by atoms with E-state index in [0.717, 1.165) is 10.8 Å². The van der Waals surface area contributed by atoms with Gasteiger partial charge >= 0.3 is 0 Å². The number of epoxide rings is 1. The third-order valence-electron chi connectivity index (χ3n) is 5.35. The molecule has 5 nitrogen and oxygen atoms in total. The highest BCUT2D eigenvalue weighted by Gasteiger charge is 2.28. The maximum absolute atomic E-state index is 13.7. The Morgan fingerprint density at radius 2 is 1.47 bits per heavy atom. The summed E-state index contributed by atoms with van der Waals surface area (Å²) in [4.78, 5) is 28.6. The van der Waals surface area contributed by atoms with Crippen LogP contribution in [0.25, 0.3) is 10.8 Å². The van der Waals surface area contributed by atoms with E-state index in [-0.39, 0.29) is 12.0 Å². The van der Waals surface area contributed by atoms with Crippen LogP contribution in [0.4, 0.5) is 5.69 Å². The Kier molecular flexibility index (Phi) is 5.40. The first-order valence-electron chi connectivity index (χ1n) is 10.5. The van der Waals surface area contributed by atoms with E-state index in [1.165, 1.54) is 4.90 Å². The molecule has 0 spiro atoms. The maximum atomic E-state index is 13.7. The lowest BCUT2D eigenvalue weighted by Gasteiger charge is -2.23. The summed E-state index contributed by atoms with van der Waals surface area (Å²) in [6.07, 6.45) is 0.112. The van der Waals surface area contributed by atoms with Crippen molar-refractivity contribution in [3.05, 3.63) is 108 Å². The molecule has 1 heterocycles. The summed E-state index contributed by atoms with van der Waals surface area (Å²) in [5, 5.41) is 1.77. The quantitative estimate of drug-likeness (QED) is 0.320. The minimum atomic E-state index is -0.414. The van der Waals surface area contributed by atoms with Crippen LogP contribution in [0, 0.1) is 0 Å². The molecule has 0 bridgehead atoms. The molecule has 0 saturated carbocycles. The van der Waals surface area contributed by atoms with Crippen LogP contribution in [0.1, 0.15) is 20.7 Å². The molecule has 1 unspecified atom stereocenters. The average molecular weight is 423 g/mol. The minimum Gasteiger partial charge on any atom is -0.491 e. The molecule has 0 N–H and O–H groups in total. The number of nitrogens with zero attached hydrogens (tertiary/aromatic N) is 1. The topological polar surface area (TPSA) is 59.1 Å². The second-order valence-corrected chi connectivity index (χ2v) is 7.60. The van der Waals surface area contributed by atoms with E-state index in [2.05, 4.69) is 0 Å². The Morgan fingerprint density at radius 3 is 2.28 bits per heavy atom. The van der Waals surface area contributed by atoms with Crippen LogP contribution in [-0.2, 0) is 4.74 Å². The van der Waals surface area contributed by atoms with E-state index in [4.69, 9.17) is 9.47 Å². The minimum absolute atomic E-state index is 0.112. The Balaban J connectivity index is 1.57. The Morgan fingerprint density at radius 1 is 0.812 bits per heavy atom. The van der Waals surface area contributed by atoms with Gasteiger partial charge in [-0.15, -0.1) is 0 Å². The highest BCUT2D eigenvalue weighted by atomic mass is 16.6. The maximum Gasteiger partial charge on any atom is 0.265 e. The third-order valence-corrected chi connectivity index (χ3v) is 5.35. The Hall–Kier alpha value is -3.96. The number of hydrogen-bond donors (Lipinski definition) is 0. The molecule has 0 aromatic heterocycles. The zero-order valence-electron chi connectivity index (χ0n) is 17.3. The molecule has 5 heteroatoms. The average Bonchev–Trinajstić information content (AvgIpc) is 3.68. The second-order valence-electron chi connectivity index (χ2n) is 7.60. The van der Waals surface area contributed by atoms with Crippen LogP contribution >= 0.6 is 0 Å². The highest BCUT2D eigenvalue weighted by Crippen LogP contribution is 2.30. The third kappa shape index (κ3) is 4.11. The normalized spacial score (nSPS) is 14.7. The lowest BCUT2D eigenvalue weighted by molar-refractivity contribution is 0.0897. The molecule has 158 valence electrons. The smallest absolute Gasteiger partial charge is 0.265 e. The number of rotatable bonds is 6. The van der Waals surface area contributed by atoms with Crippen LogP contribution in [-0.4, -0.2) is 31.1 Å². The van der Waals surface area contributed by atoms with Crippen molar-refractivity contribution in [1.29, 1.82) is 0 Å². The van der Waals surface area contributed by atoms with Gasteiger partial charge in [-0.3, -0.25) is 9.59 Å². The van der Waals surface area contributed by atoms with Crippen LogP contribution in [0.5, 0.6) is 5.75 Å².